The zero-order valence-electron chi connectivity index (χ0n) is 27.7. The molecule has 4 aliphatic rings. The van der Waals surface area contributed by atoms with E-state index in [1.807, 2.05) is 6.08 Å². The molecule has 3 fully saturated rings. The third-order valence-corrected chi connectivity index (χ3v) is 10.4. The van der Waals surface area contributed by atoms with Crippen molar-refractivity contribution in [2.45, 2.75) is 84.2 Å². The van der Waals surface area contributed by atoms with E-state index in [0.29, 0.717) is 12.8 Å². The van der Waals surface area contributed by atoms with Crippen LogP contribution in [0, 0.1) is 54.7 Å². The molecule has 17 heteroatoms. The number of aliphatic hydroxyl groups excluding tert-OH is 1. The zero-order chi connectivity index (χ0) is 36.4. The average Bonchev–Trinajstić information content (AvgIpc) is 3.37. The van der Waals surface area contributed by atoms with Crippen molar-refractivity contribution < 1.29 is 58.8 Å². The number of aliphatic hydroxyl groups is 1. The van der Waals surface area contributed by atoms with Gasteiger partial charge in [-0.1, -0.05) is 25.5 Å². The number of ketones is 2. The van der Waals surface area contributed by atoms with Crippen LogP contribution in [-0.2, 0) is 38.4 Å². The molecule has 0 heterocycles. The highest BCUT2D eigenvalue weighted by molar-refractivity contribution is 6.01. The maximum absolute atomic E-state index is 13.2. The van der Waals surface area contributed by atoms with Crippen LogP contribution in [0.15, 0.2) is 23.8 Å². The van der Waals surface area contributed by atoms with E-state index in [2.05, 4.69) is 28.8 Å². The molecule has 0 radical (unpaired) electrons. The summed E-state index contributed by atoms with van der Waals surface area (Å²) in [6.45, 7) is 3.58. The number of ether oxygens (including phenoxy) is 1. The molecule has 4 rings (SSSR count). The third-order valence-electron chi connectivity index (χ3n) is 10.4. The van der Waals surface area contributed by atoms with Crippen molar-refractivity contribution in [3.8, 4) is 0 Å². The molecule has 0 spiro atoms. The second-order valence-corrected chi connectivity index (χ2v) is 13.4. The molecule has 272 valence electrons. The molecular weight excluding hydrogens is 650 g/mol. The SMILES string of the molecule is CC12C=CC(=O)C=C1CCC1C2C(O)CC2(C)C(C(=O)COC(=O)CCNC(=O)CCCO[N+](=O)[O-])CCC12.O=C(O)CCCO[N+](=O)[O-]. The number of carbonyl (C=O) groups is 5. The molecule has 3 N–H and O–H groups in total. The second kappa shape index (κ2) is 17.3. The summed E-state index contributed by atoms with van der Waals surface area (Å²) in [4.78, 5) is 86.5. The van der Waals surface area contributed by atoms with Gasteiger partial charge < -0.3 is 29.9 Å². The molecule has 4 aliphatic carbocycles. The summed E-state index contributed by atoms with van der Waals surface area (Å²) in [7, 11) is 0. The number of Topliss-reactive ketones (excluding diaryl/α,β-unsaturated/α-hetero) is 1. The molecule has 0 aliphatic heterocycles. The van der Waals surface area contributed by atoms with Gasteiger partial charge in [-0.25, -0.2) is 0 Å². The minimum atomic E-state index is -0.980. The Morgan fingerprint density at radius 3 is 2.29 bits per heavy atom. The van der Waals surface area contributed by atoms with Crippen LogP contribution in [-0.4, -0.2) is 82.3 Å². The lowest BCUT2D eigenvalue weighted by atomic mass is 9.46. The van der Waals surface area contributed by atoms with Gasteiger partial charge in [-0.3, -0.25) is 24.0 Å². The van der Waals surface area contributed by atoms with Gasteiger partial charge in [0.1, 0.15) is 6.61 Å². The second-order valence-electron chi connectivity index (χ2n) is 13.4. The number of carboxylic acid groups (broad SMARTS) is 1. The fourth-order valence-corrected chi connectivity index (χ4v) is 8.31. The van der Waals surface area contributed by atoms with E-state index in [-0.39, 0.29) is 110 Å². The number of hydrogen-bond donors (Lipinski definition) is 3. The Hall–Kier alpha value is -4.41. The van der Waals surface area contributed by atoms with E-state index in [4.69, 9.17) is 9.84 Å². The van der Waals surface area contributed by atoms with E-state index in [0.717, 1.165) is 24.8 Å². The van der Waals surface area contributed by atoms with E-state index >= 15 is 0 Å². The molecule has 0 bridgehead atoms. The number of carbonyl (C=O) groups excluding carboxylic acids is 4. The molecule has 49 heavy (non-hydrogen) atoms. The van der Waals surface area contributed by atoms with Gasteiger partial charge in [-0.2, -0.15) is 0 Å². The predicted molar refractivity (Wildman–Crippen MR) is 167 cm³/mol. The lowest BCUT2D eigenvalue weighted by molar-refractivity contribution is -0.757. The van der Waals surface area contributed by atoms with Crippen LogP contribution in [0.4, 0.5) is 0 Å². The number of carboxylic acids is 1. The number of nitrogens with one attached hydrogen (secondary N) is 1. The van der Waals surface area contributed by atoms with Gasteiger partial charge >= 0.3 is 11.9 Å². The molecule has 3 saturated carbocycles. The van der Waals surface area contributed by atoms with Gasteiger partial charge in [0.05, 0.1) is 25.7 Å². The normalized spacial score (nSPS) is 29.4. The third kappa shape index (κ3) is 10.3. The van der Waals surface area contributed by atoms with E-state index in [1.54, 1.807) is 12.2 Å². The number of amides is 1. The Morgan fingerprint density at radius 2 is 1.65 bits per heavy atom. The number of nitrogens with zero attached hydrogens (tertiary/aromatic N) is 2. The molecule has 17 nitrogen and oxygen atoms in total. The van der Waals surface area contributed by atoms with E-state index in [1.165, 1.54) is 0 Å². The van der Waals surface area contributed by atoms with Crippen molar-refractivity contribution >= 4 is 29.4 Å². The molecule has 1 amide bonds. The Bertz CT molecular complexity index is 1330. The fraction of sp³-hybridized carbons (Fsp3) is 0.719. The van der Waals surface area contributed by atoms with Gasteiger partial charge in [-0.15, -0.1) is 20.2 Å². The van der Waals surface area contributed by atoms with Gasteiger partial charge in [0.2, 0.25) is 5.91 Å². The van der Waals surface area contributed by atoms with Gasteiger partial charge in [0, 0.05) is 36.6 Å². The van der Waals surface area contributed by atoms with Gasteiger partial charge in [0.25, 0.3) is 10.2 Å². The van der Waals surface area contributed by atoms with Crippen LogP contribution >= 0.6 is 0 Å². The number of esters is 1. The van der Waals surface area contributed by atoms with Crippen LogP contribution in [0.2, 0.25) is 0 Å². The number of aliphatic carboxylic acids is 1. The zero-order valence-corrected chi connectivity index (χ0v) is 27.7. The van der Waals surface area contributed by atoms with Crippen molar-refractivity contribution in [1.82, 2.24) is 5.32 Å². The first kappa shape index (κ1) is 39.0. The van der Waals surface area contributed by atoms with E-state index in [9.17, 15) is 49.3 Å². The quantitative estimate of drug-likeness (QED) is 0.0908. The van der Waals surface area contributed by atoms with Crippen LogP contribution in [0.5, 0.6) is 0 Å². The maximum Gasteiger partial charge on any atom is 0.308 e. The van der Waals surface area contributed by atoms with Gasteiger partial charge in [-0.05, 0) is 74.3 Å². The summed E-state index contributed by atoms with van der Waals surface area (Å²) in [5.41, 5.74) is 0.354. The molecule has 0 aromatic heterocycles. The van der Waals surface area contributed by atoms with Crippen molar-refractivity contribution in [1.29, 1.82) is 0 Å². The largest absolute Gasteiger partial charge is 0.481 e. The molecule has 7 unspecified atom stereocenters. The van der Waals surface area contributed by atoms with Gasteiger partial charge in [0.15, 0.2) is 11.6 Å². The first-order valence-corrected chi connectivity index (χ1v) is 16.4. The summed E-state index contributed by atoms with van der Waals surface area (Å²) in [5.74, 6) is -1.87. The highest BCUT2D eigenvalue weighted by Gasteiger charge is 2.62. The first-order valence-electron chi connectivity index (χ1n) is 16.4. The van der Waals surface area contributed by atoms with Crippen LogP contribution in [0.25, 0.3) is 0 Å². The first-order chi connectivity index (χ1) is 23.1. The standard InChI is InChI=1S/C28H38N2O9.C4H7NO5/c1-27-11-9-18(31)14-17(27)5-6-19-20-7-8-21(28(20,2)15-22(32)26(19)27)23(33)16-38-25(35)10-12-29-24(34)4-3-13-39-30(36)37;6-4(7)2-1-3-10-5(8)9/h9,11,14,19-22,26,32H,3-8,10,12-13,15-16H2,1-2H3,(H,29,34);1-3H2,(H,6,7). The Morgan fingerprint density at radius 1 is 1.00 bits per heavy atom. The van der Waals surface area contributed by atoms with Crippen molar-refractivity contribution in [3.63, 3.8) is 0 Å². The molecule has 0 aromatic carbocycles. The number of allylic oxidation sites excluding steroid dienone is 4. The molecule has 0 aromatic rings. The summed E-state index contributed by atoms with van der Waals surface area (Å²) in [5, 5.41) is 39.7. The highest BCUT2D eigenvalue weighted by atomic mass is 17.0. The summed E-state index contributed by atoms with van der Waals surface area (Å²) < 4.78 is 5.23. The van der Waals surface area contributed by atoms with Crippen molar-refractivity contribution in [3.05, 3.63) is 44.0 Å². The number of fused-ring (bicyclic) bond motifs is 5. The summed E-state index contributed by atoms with van der Waals surface area (Å²) >= 11 is 0. The molecular formula is C32H45N3O14. The van der Waals surface area contributed by atoms with Crippen molar-refractivity contribution in [2.75, 3.05) is 26.4 Å². The monoisotopic (exact) mass is 695 g/mol. The number of hydrogen-bond acceptors (Lipinski definition) is 13. The van der Waals surface area contributed by atoms with Crippen molar-refractivity contribution in [2.24, 2.45) is 34.5 Å². The van der Waals surface area contributed by atoms with Crippen LogP contribution in [0.1, 0.15) is 78.1 Å². The smallest absolute Gasteiger partial charge is 0.308 e. The minimum absolute atomic E-state index is 0.000170. The summed E-state index contributed by atoms with van der Waals surface area (Å²) in [6, 6.07) is 0. The van der Waals surface area contributed by atoms with Crippen LogP contribution < -0.4 is 5.32 Å². The predicted octanol–water partition coefficient (Wildman–Crippen LogP) is 2.55. The number of rotatable bonds is 16. The average molecular weight is 696 g/mol. The highest BCUT2D eigenvalue weighted by Crippen LogP contribution is 2.66. The molecule has 0 saturated heterocycles. The van der Waals surface area contributed by atoms with E-state index < -0.39 is 28.2 Å². The Kier molecular flexibility index (Phi) is 13.8. The fourth-order valence-electron chi connectivity index (χ4n) is 8.31. The topological polar surface area (TPSA) is 252 Å². The molecule has 7 atom stereocenters. The lowest BCUT2D eigenvalue weighted by Gasteiger charge is -2.58. The summed E-state index contributed by atoms with van der Waals surface area (Å²) in [6.07, 6.45) is 8.64. The maximum atomic E-state index is 13.2. The Balaban J connectivity index is 0.000000565. The minimum Gasteiger partial charge on any atom is -0.481 e. The lowest BCUT2D eigenvalue weighted by Crippen LogP contribution is -2.56. The Labute approximate surface area is 282 Å². The van der Waals surface area contributed by atoms with Crippen LogP contribution in [0.3, 0.4) is 0 Å².